The second-order valence-corrected chi connectivity index (χ2v) is 5.54. The number of hydrogen-bond acceptors (Lipinski definition) is 7. The number of rotatable bonds is 8. The molecule has 2 rings (SSSR count). The maximum absolute atomic E-state index is 11.9. The highest BCUT2D eigenvalue weighted by atomic mass is 16.6. The second-order valence-electron chi connectivity index (χ2n) is 5.54. The van der Waals surface area contributed by atoms with Crippen LogP contribution in [0.15, 0.2) is 47.6 Å². The molecule has 2 amide bonds. The van der Waals surface area contributed by atoms with E-state index in [1.165, 1.54) is 7.11 Å². The van der Waals surface area contributed by atoms with E-state index in [0.29, 0.717) is 11.4 Å². The van der Waals surface area contributed by atoms with Gasteiger partial charge in [-0.15, -0.1) is 0 Å². The van der Waals surface area contributed by atoms with E-state index in [9.17, 15) is 24.8 Å². The molecule has 146 valence electrons. The van der Waals surface area contributed by atoms with Gasteiger partial charge in [0.2, 0.25) is 11.8 Å². The van der Waals surface area contributed by atoms with Gasteiger partial charge in [-0.25, -0.2) is 5.43 Å². The number of methoxy groups -OCH3 is 1. The van der Waals surface area contributed by atoms with Crippen molar-refractivity contribution < 1.29 is 24.4 Å². The summed E-state index contributed by atoms with van der Waals surface area (Å²) in [5.74, 6) is -0.627. The molecule has 0 aliphatic heterocycles. The molecule has 3 N–H and O–H groups in total. The third-order valence-corrected chi connectivity index (χ3v) is 3.58. The first-order valence-electron chi connectivity index (χ1n) is 8.13. The van der Waals surface area contributed by atoms with Gasteiger partial charge in [0, 0.05) is 30.5 Å². The van der Waals surface area contributed by atoms with E-state index in [1.54, 1.807) is 24.3 Å². The first-order valence-corrected chi connectivity index (χ1v) is 8.13. The van der Waals surface area contributed by atoms with E-state index in [1.807, 2.05) is 0 Å². The molecule has 0 heterocycles. The van der Waals surface area contributed by atoms with E-state index in [4.69, 9.17) is 4.74 Å². The standard InChI is InChI=1S/C18H18N4O6/c1-28-16-5-3-2-4-14(16)20-17(24)8-9-18(25)21-19-11-12-10-13(22(26)27)6-7-15(12)23/h2-7,10-11,23H,8-9H2,1H3,(H,20,24)(H,21,25)/b19-11+. The van der Waals surface area contributed by atoms with Crippen molar-refractivity contribution in [3.05, 3.63) is 58.1 Å². The van der Waals surface area contributed by atoms with Crippen molar-refractivity contribution in [2.75, 3.05) is 12.4 Å². The van der Waals surface area contributed by atoms with Gasteiger partial charge in [-0.1, -0.05) is 12.1 Å². The Morgan fingerprint density at radius 3 is 2.64 bits per heavy atom. The van der Waals surface area contributed by atoms with Gasteiger partial charge in [0.05, 0.1) is 23.9 Å². The van der Waals surface area contributed by atoms with Crippen molar-refractivity contribution in [3.63, 3.8) is 0 Å². The van der Waals surface area contributed by atoms with E-state index in [2.05, 4.69) is 15.8 Å². The number of aromatic hydroxyl groups is 1. The number of phenolic OH excluding ortho intramolecular Hbond substituents is 1. The summed E-state index contributed by atoms with van der Waals surface area (Å²) >= 11 is 0. The molecule has 28 heavy (non-hydrogen) atoms. The first kappa shape index (κ1) is 20.4. The number of para-hydroxylation sites is 2. The van der Waals surface area contributed by atoms with Crippen LogP contribution in [0.5, 0.6) is 11.5 Å². The lowest BCUT2D eigenvalue weighted by molar-refractivity contribution is -0.384. The Bertz CT molecular complexity index is 913. The van der Waals surface area contributed by atoms with Gasteiger partial charge in [0.1, 0.15) is 11.5 Å². The number of carbonyl (C=O) groups excluding carboxylic acids is 2. The van der Waals surface area contributed by atoms with Crippen LogP contribution in [0.2, 0.25) is 0 Å². The van der Waals surface area contributed by atoms with Crippen molar-refractivity contribution >= 4 is 29.4 Å². The quantitative estimate of drug-likeness (QED) is 0.360. The van der Waals surface area contributed by atoms with Crippen molar-refractivity contribution in [1.82, 2.24) is 5.43 Å². The normalized spacial score (nSPS) is 10.5. The highest BCUT2D eigenvalue weighted by Crippen LogP contribution is 2.23. The summed E-state index contributed by atoms with van der Waals surface area (Å²) in [5, 5.41) is 26.7. The van der Waals surface area contributed by atoms with Crippen LogP contribution < -0.4 is 15.5 Å². The summed E-state index contributed by atoms with van der Waals surface area (Å²) in [4.78, 5) is 33.8. The Morgan fingerprint density at radius 1 is 1.21 bits per heavy atom. The molecular weight excluding hydrogens is 368 g/mol. The number of nitrogens with one attached hydrogen (secondary N) is 2. The van der Waals surface area contributed by atoms with Crippen LogP contribution in [-0.2, 0) is 9.59 Å². The molecule has 10 heteroatoms. The number of nitrogens with zero attached hydrogens (tertiary/aromatic N) is 2. The van der Waals surface area contributed by atoms with Crippen LogP contribution >= 0.6 is 0 Å². The van der Waals surface area contributed by atoms with Gasteiger partial charge >= 0.3 is 0 Å². The molecule has 0 saturated carbocycles. The summed E-state index contributed by atoms with van der Waals surface area (Å²) in [7, 11) is 1.48. The zero-order valence-corrected chi connectivity index (χ0v) is 14.9. The lowest BCUT2D eigenvalue weighted by Gasteiger charge is -2.09. The molecule has 0 radical (unpaired) electrons. The highest BCUT2D eigenvalue weighted by Gasteiger charge is 2.10. The monoisotopic (exact) mass is 386 g/mol. The van der Waals surface area contributed by atoms with Crippen LogP contribution in [0.1, 0.15) is 18.4 Å². The number of carbonyl (C=O) groups is 2. The number of non-ortho nitro benzene ring substituents is 1. The molecule has 0 unspecified atom stereocenters. The molecule has 2 aromatic rings. The molecule has 10 nitrogen and oxygen atoms in total. The molecule has 0 aliphatic carbocycles. The second kappa shape index (κ2) is 9.67. The Balaban J connectivity index is 1.84. The number of amides is 2. The van der Waals surface area contributed by atoms with E-state index in [-0.39, 0.29) is 35.7 Å². The molecule has 0 atom stereocenters. The number of ether oxygens (including phenoxy) is 1. The Labute approximate surface area is 160 Å². The molecule has 0 aliphatic rings. The number of benzene rings is 2. The van der Waals surface area contributed by atoms with Crippen molar-refractivity contribution in [2.45, 2.75) is 12.8 Å². The average Bonchev–Trinajstić information content (AvgIpc) is 2.68. The first-order chi connectivity index (χ1) is 13.4. The predicted octanol–water partition coefficient (Wildman–Crippen LogP) is 2.18. The number of hydrazone groups is 1. The fraction of sp³-hybridized carbons (Fsp3) is 0.167. The number of hydrogen-bond donors (Lipinski definition) is 3. The number of nitro groups is 1. The minimum Gasteiger partial charge on any atom is -0.507 e. The van der Waals surface area contributed by atoms with Crippen molar-refractivity contribution in [3.8, 4) is 11.5 Å². The Kier molecular flexibility index (Phi) is 7.03. The Hall–Kier alpha value is -3.95. The minimum absolute atomic E-state index is 0.0726. The average molecular weight is 386 g/mol. The van der Waals surface area contributed by atoms with Gasteiger partial charge in [-0.3, -0.25) is 19.7 Å². The van der Waals surface area contributed by atoms with Crippen LogP contribution in [0, 0.1) is 10.1 Å². The molecule has 0 saturated heterocycles. The summed E-state index contributed by atoms with van der Waals surface area (Å²) in [6, 6.07) is 10.3. The topological polar surface area (TPSA) is 143 Å². The molecular formula is C18H18N4O6. The summed E-state index contributed by atoms with van der Waals surface area (Å²) < 4.78 is 5.12. The predicted molar refractivity (Wildman–Crippen MR) is 101 cm³/mol. The van der Waals surface area contributed by atoms with E-state index >= 15 is 0 Å². The number of anilines is 1. The number of nitro benzene ring substituents is 1. The summed E-state index contributed by atoms with van der Waals surface area (Å²) in [6.07, 6.45) is 0.871. The maximum atomic E-state index is 11.9. The fourth-order valence-electron chi connectivity index (χ4n) is 2.18. The SMILES string of the molecule is COc1ccccc1NC(=O)CCC(=O)N/N=C/c1cc([N+](=O)[O-])ccc1O. The zero-order chi connectivity index (χ0) is 20.5. The van der Waals surface area contributed by atoms with Gasteiger partial charge in [0.15, 0.2) is 0 Å². The van der Waals surface area contributed by atoms with Gasteiger partial charge in [-0.05, 0) is 18.2 Å². The molecule has 0 fully saturated rings. The van der Waals surface area contributed by atoms with E-state index < -0.39 is 10.8 Å². The lowest BCUT2D eigenvalue weighted by Crippen LogP contribution is -2.20. The van der Waals surface area contributed by atoms with Gasteiger partial charge in [-0.2, -0.15) is 5.10 Å². The lowest BCUT2D eigenvalue weighted by atomic mass is 10.2. The van der Waals surface area contributed by atoms with Gasteiger partial charge < -0.3 is 15.2 Å². The third-order valence-electron chi connectivity index (χ3n) is 3.58. The highest BCUT2D eigenvalue weighted by molar-refractivity contribution is 5.94. The Morgan fingerprint density at radius 2 is 1.93 bits per heavy atom. The molecule has 0 spiro atoms. The molecule has 0 aromatic heterocycles. The molecule has 0 bridgehead atoms. The third kappa shape index (κ3) is 5.80. The number of phenols is 1. The van der Waals surface area contributed by atoms with Crippen molar-refractivity contribution in [1.29, 1.82) is 0 Å². The van der Waals surface area contributed by atoms with Crippen LogP contribution in [-0.4, -0.2) is 35.2 Å². The zero-order valence-electron chi connectivity index (χ0n) is 14.9. The smallest absolute Gasteiger partial charge is 0.270 e. The van der Waals surface area contributed by atoms with Crippen LogP contribution in [0.4, 0.5) is 11.4 Å². The maximum Gasteiger partial charge on any atom is 0.270 e. The van der Waals surface area contributed by atoms with E-state index in [0.717, 1.165) is 24.4 Å². The van der Waals surface area contributed by atoms with Crippen LogP contribution in [0.3, 0.4) is 0 Å². The van der Waals surface area contributed by atoms with Crippen LogP contribution in [0.25, 0.3) is 0 Å². The molecule has 2 aromatic carbocycles. The summed E-state index contributed by atoms with van der Waals surface area (Å²) in [6.45, 7) is 0. The summed E-state index contributed by atoms with van der Waals surface area (Å²) in [5.41, 5.74) is 2.54. The fourth-order valence-corrected chi connectivity index (χ4v) is 2.18. The van der Waals surface area contributed by atoms with Crippen molar-refractivity contribution in [2.24, 2.45) is 5.10 Å². The minimum atomic E-state index is -0.615. The van der Waals surface area contributed by atoms with Gasteiger partial charge in [0.25, 0.3) is 5.69 Å². The largest absolute Gasteiger partial charge is 0.507 e.